The van der Waals surface area contributed by atoms with Gasteiger partial charge in [0.15, 0.2) is 5.69 Å². The molecule has 2 N–H and O–H groups in total. The Bertz CT molecular complexity index is 1010. The van der Waals surface area contributed by atoms with Crippen molar-refractivity contribution < 1.29 is 9.53 Å². The molecule has 0 spiro atoms. The van der Waals surface area contributed by atoms with Crippen LogP contribution in [0.1, 0.15) is 34.9 Å². The number of ether oxygens (including phenoxy) is 1. The van der Waals surface area contributed by atoms with Crippen molar-refractivity contribution in [1.29, 1.82) is 0 Å². The van der Waals surface area contributed by atoms with Crippen LogP contribution in [0.5, 0.6) is 0 Å². The maximum absolute atomic E-state index is 12.1. The molecule has 0 atom stereocenters. The summed E-state index contributed by atoms with van der Waals surface area (Å²) in [5.41, 5.74) is 3.10. The van der Waals surface area contributed by atoms with Crippen molar-refractivity contribution in [1.82, 2.24) is 30.0 Å². The van der Waals surface area contributed by atoms with Crippen LogP contribution in [0.15, 0.2) is 36.9 Å². The highest BCUT2D eigenvalue weighted by atomic mass is 16.5. The van der Waals surface area contributed by atoms with Crippen molar-refractivity contribution in [2.45, 2.75) is 25.8 Å². The zero-order chi connectivity index (χ0) is 20.2. The molecule has 4 rings (SSSR count). The fraction of sp³-hybridized carbons (Fsp3) is 0.350. The molecule has 0 unspecified atom stereocenters. The standard InChI is InChI=1S/C20H23N7O2/c1-13-10-23-20(25-14-11-24-27(12-14)15-5-8-21-9-6-15)26-17(13)16-4-3-7-22-18(16)19(28)29-2/h3-4,7,10-12,15,21H,5-6,8-9H2,1-2H3,(H,23,25,26). The molecule has 1 aliphatic rings. The second kappa shape index (κ2) is 8.36. The molecule has 9 nitrogen and oxygen atoms in total. The van der Waals surface area contributed by atoms with Gasteiger partial charge in [-0.25, -0.2) is 19.7 Å². The Morgan fingerprint density at radius 1 is 1.28 bits per heavy atom. The number of esters is 1. The van der Waals surface area contributed by atoms with Gasteiger partial charge >= 0.3 is 5.97 Å². The summed E-state index contributed by atoms with van der Waals surface area (Å²) in [5, 5.41) is 11.0. The predicted octanol–water partition coefficient (Wildman–Crippen LogP) is 2.50. The molecular weight excluding hydrogens is 370 g/mol. The highest BCUT2D eigenvalue weighted by Crippen LogP contribution is 2.26. The Balaban J connectivity index is 1.60. The number of nitrogens with one attached hydrogen (secondary N) is 2. The summed E-state index contributed by atoms with van der Waals surface area (Å²) in [5.74, 6) is -0.0773. The molecule has 29 heavy (non-hydrogen) atoms. The van der Waals surface area contributed by atoms with Gasteiger partial charge < -0.3 is 15.4 Å². The van der Waals surface area contributed by atoms with Gasteiger partial charge in [-0.2, -0.15) is 5.10 Å². The molecule has 1 saturated heterocycles. The van der Waals surface area contributed by atoms with E-state index in [1.165, 1.54) is 7.11 Å². The van der Waals surface area contributed by atoms with Gasteiger partial charge in [0.25, 0.3) is 0 Å². The maximum Gasteiger partial charge on any atom is 0.357 e. The lowest BCUT2D eigenvalue weighted by Crippen LogP contribution is -2.29. The van der Waals surface area contributed by atoms with Crippen molar-refractivity contribution in [3.63, 3.8) is 0 Å². The zero-order valence-corrected chi connectivity index (χ0v) is 16.4. The van der Waals surface area contributed by atoms with E-state index in [9.17, 15) is 4.79 Å². The second-order valence-electron chi connectivity index (χ2n) is 6.93. The first-order valence-corrected chi connectivity index (χ1v) is 9.55. The molecule has 1 fully saturated rings. The van der Waals surface area contributed by atoms with Gasteiger partial charge in [0.2, 0.25) is 5.95 Å². The molecule has 0 bridgehead atoms. The predicted molar refractivity (Wildman–Crippen MR) is 108 cm³/mol. The molecule has 1 aliphatic heterocycles. The molecule has 150 valence electrons. The van der Waals surface area contributed by atoms with Gasteiger partial charge in [-0.1, -0.05) is 0 Å². The zero-order valence-electron chi connectivity index (χ0n) is 16.4. The fourth-order valence-corrected chi connectivity index (χ4v) is 3.43. The van der Waals surface area contributed by atoms with Gasteiger partial charge in [-0.15, -0.1) is 0 Å². The van der Waals surface area contributed by atoms with Gasteiger partial charge in [0, 0.05) is 24.2 Å². The van der Waals surface area contributed by atoms with E-state index >= 15 is 0 Å². The third-order valence-electron chi connectivity index (χ3n) is 4.95. The highest BCUT2D eigenvalue weighted by Gasteiger charge is 2.19. The first kappa shape index (κ1) is 19.0. The first-order valence-electron chi connectivity index (χ1n) is 9.55. The van der Waals surface area contributed by atoms with Crippen LogP contribution in [0.2, 0.25) is 0 Å². The van der Waals surface area contributed by atoms with E-state index in [0.717, 1.165) is 37.2 Å². The number of aryl methyl sites for hydroxylation is 1. The highest BCUT2D eigenvalue weighted by molar-refractivity contribution is 5.95. The Morgan fingerprint density at radius 2 is 2.10 bits per heavy atom. The van der Waals surface area contributed by atoms with Crippen molar-refractivity contribution in [2.75, 3.05) is 25.5 Å². The number of carbonyl (C=O) groups excluding carboxylic acids is 1. The number of rotatable bonds is 5. The van der Waals surface area contributed by atoms with Crippen LogP contribution >= 0.6 is 0 Å². The van der Waals surface area contributed by atoms with Crippen LogP contribution in [-0.2, 0) is 4.74 Å². The summed E-state index contributed by atoms with van der Waals surface area (Å²) in [6.07, 6.45) is 9.14. The molecular formula is C20H23N7O2. The number of hydrogen-bond donors (Lipinski definition) is 2. The lowest BCUT2D eigenvalue weighted by Gasteiger charge is -2.22. The van der Waals surface area contributed by atoms with E-state index in [4.69, 9.17) is 4.74 Å². The van der Waals surface area contributed by atoms with E-state index in [1.807, 2.05) is 17.8 Å². The van der Waals surface area contributed by atoms with Gasteiger partial charge in [-0.3, -0.25) is 4.68 Å². The lowest BCUT2D eigenvalue weighted by atomic mass is 10.1. The Labute approximate surface area is 168 Å². The minimum atomic E-state index is -0.503. The average Bonchev–Trinajstić information content (AvgIpc) is 3.24. The molecule has 0 radical (unpaired) electrons. The van der Waals surface area contributed by atoms with E-state index < -0.39 is 5.97 Å². The number of pyridine rings is 1. The number of carbonyl (C=O) groups is 1. The lowest BCUT2D eigenvalue weighted by molar-refractivity contribution is 0.0595. The number of hydrogen-bond acceptors (Lipinski definition) is 8. The molecule has 3 aromatic rings. The summed E-state index contributed by atoms with van der Waals surface area (Å²) in [7, 11) is 1.33. The number of aromatic nitrogens is 5. The van der Waals surface area contributed by atoms with Crippen molar-refractivity contribution in [2.24, 2.45) is 0 Å². The van der Waals surface area contributed by atoms with Crippen molar-refractivity contribution in [3.05, 3.63) is 48.2 Å². The Hall–Kier alpha value is -3.33. The normalized spacial score (nSPS) is 14.6. The topological polar surface area (TPSA) is 107 Å². The van der Waals surface area contributed by atoms with Gasteiger partial charge in [0.1, 0.15) is 0 Å². The van der Waals surface area contributed by atoms with Gasteiger partial charge in [0.05, 0.1) is 30.7 Å². The molecule has 9 heteroatoms. The van der Waals surface area contributed by atoms with Crippen LogP contribution in [0.25, 0.3) is 11.3 Å². The molecule has 3 aromatic heterocycles. The fourth-order valence-electron chi connectivity index (χ4n) is 3.43. The Kier molecular flexibility index (Phi) is 5.48. The van der Waals surface area contributed by atoms with E-state index in [-0.39, 0.29) is 5.69 Å². The minimum Gasteiger partial charge on any atom is -0.464 e. The molecule has 0 aromatic carbocycles. The number of anilines is 2. The third kappa shape index (κ3) is 4.09. The number of piperidine rings is 1. The van der Waals surface area contributed by atoms with Crippen molar-refractivity contribution in [3.8, 4) is 11.3 Å². The van der Waals surface area contributed by atoms with Crippen LogP contribution in [0, 0.1) is 6.92 Å². The molecule has 0 amide bonds. The first-order chi connectivity index (χ1) is 14.2. The largest absolute Gasteiger partial charge is 0.464 e. The summed E-state index contributed by atoms with van der Waals surface area (Å²) in [4.78, 5) is 25.2. The molecule has 4 heterocycles. The minimum absolute atomic E-state index is 0.224. The smallest absolute Gasteiger partial charge is 0.357 e. The van der Waals surface area contributed by atoms with E-state index in [2.05, 4.69) is 30.7 Å². The monoisotopic (exact) mass is 393 g/mol. The quantitative estimate of drug-likeness (QED) is 0.637. The number of nitrogens with zero attached hydrogens (tertiary/aromatic N) is 5. The summed E-state index contributed by atoms with van der Waals surface area (Å²) < 4.78 is 6.84. The SMILES string of the molecule is COC(=O)c1ncccc1-c1nc(Nc2cnn(C3CCNCC3)c2)ncc1C. The summed E-state index contributed by atoms with van der Waals surface area (Å²) in [6.45, 7) is 3.90. The van der Waals surface area contributed by atoms with Crippen LogP contribution in [0.4, 0.5) is 11.6 Å². The Morgan fingerprint density at radius 3 is 2.90 bits per heavy atom. The van der Waals surface area contributed by atoms with E-state index in [1.54, 1.807) is 30.7 Å². The van der Waals surface area contributed by atoms with Crippen LogP contribution in [0.3, 0.4) is 0 Å². The van der Waals surface area contributed by atoms with E-state index in [0.29, 0.717) is 23.2 Å². The molecule has 0 aliphatic carbocycles. The maximum atomic E-state index is 12.1. The van der Waals surface area contributed by atoms with Gasteiger partial charge in [-0.05, 0) is 50.6 Å². The summed E-state index contributed by atoms with van der Waals surface area (Å²) >= 11 is 0. The van der Waals surface area contributed by atoms with Crippen LogP contribution < -0.4 is 10.6 Å². The van der Waals surface area contributed by atoms with Crippen molar-refractivity contribution >= 4 is 17.6 Å². The third-order valence-corrected chi connectivity index (χ3v) is 4.95. The second-order valence-corrected chi connectivity index (χ2v) is 6.93. The molecule has 0 saturated carbocycles. The van der Waals surface area contributed by atoms with Crippen LogP contribution in [-0.4, -0.2) is 50.9 Å². The number of methoxy groups -OCH3 is 1. The average molecular weight is 393 g/mol. The summed E-state index contributed by atoms with van der Waals surface area (Å²) in [6, 6.07) is 3.96.